The molecule has 1 aromatic heterocycles. The molecular formula is C28H47N3O4S. The predicted octanol–water partition coefficient (Wildman–Crippen LogP) is 5.27. The van der Waals surface area contributed by atoms with Crippen molar-refractivity contribution in [2.45, 2.75) is 85.5 Å². The lowest BCUT2D eigenvalue weighted by atomic mass is 9.39. The minimum Gasteiger partial charge on any atom is -0.750 e. The molecule has 1 heterocycles. The van der Waals surface area contributed by atoms with E-state index in [2.05, 4.69) is 45.3 Å². The fraction of sp³-hybridized carbons (Fsp3) is 0.750. The number of rotatable bonds is 4. The molecule has 8 heteroatoms. The standard InChI is InChI=1S/C28H45N3O.H2O3S/c1-26(2)14-7-15-28(4)23(26)12-16-27(3)22(10-8-20-13-17-32-19-20)21(9-11-24(27)28)18-30-25(29)31(5)6;1-4(2)3/h13,17-19,22-24H,7-12,14-16H2,1-6H3,(H2,29,30);(H2,1,2,3)/b21-18-;/t22-,23?,24?,27-,28+;/m1./s1. The Kier molecular flexibility index (Phi) is 9.16. The maximum absolute atomic E-state index is 8.56. The number of hydrogen-bond acceptors (Lipinski definition) is 3. The summed E-state index contributed by atoms with van der Waals surface area (Å²) in [6.45, 7) is 10.4. The smallest absolute Gasteiger partial charge is 0.347 e. The van der Waals surface area contributed by atoms with Crippen molar-refractivity contribution < 1.29 is 22.3 Å². The number of fused-ring (bicyclic) bond motifs is 3. The van der Waals surface area contributed by atoms with Crippen molar-refractivity contribution in [1.29, 1.82) is 0 Å². The summed E-state index contributed by atoms with van der Waals surface area (Å²) in [4.78, 5) is 0. The Morgan fingerprint density at radius 1 is 1.22 bits per heavy atom. The van der Waals surface area contributed by atoms with Gasteiger partial charge < -0.3 is 13.5 Å². The highest BCUT2D eigenvalue weighted by molar-refractivity contribution is 7.73. The molecule has 0 spiro atoms. The van der Waals surface area contributed by atoms with Crippen molar-refractivity contribution in [1.82, 2.24) is 5.32 Å². The van der Waals surface area contributed by atoms with Crippen LogP contribution in [0.4, 0.5) is 0 Å². The Balaban J connectivity index is 0.000000840. The quantitative estimate of drug-likeness (QED) is 0.215. The number of aryl methyl sites for hydroxylation is 1. The van der Waals surface area contributed by atoms with E-state index in [9.17, 15) is 0 Å². The van der Waals surface area contributed by atoms with E-state index in [0.717, 1.165) is 18.3 Å². The first-order chi connectivity index (χ1) is 16.8. The molecule has 3 saturated carbocycles. The van der Waals surface area contributed by atoms with E-state index in [1.54, 1.807) is 5.57 Å². The number of hydrogen-bond donors (Lipinski definition) is 3. The van der Waals surface area contributed by atoms with E-state index >= 15 is 0 Å². The number of nitrogens with zero attached hydrogens (tertiary/aromatic N) is 1. The first-order valence-electron chi connectivity index (χ1n) is 13.4. The zero-order chi connectivity index (χ0) is 26.7. The van der Waals surface area contributed by atoms with E-state index in [1.165, 1.54) is 56.9 Å². The summed E-state index contributed by atoms with van der Waals surface area (Å²) < 4.78 is 31.4. The highest BCUT2D eigenvalue weighted by Gasteiger charge is 2.61. The minimum atomic E-state index is -2.86. The second-order valence-electron chi connectivity index (χ2n) is 12.6. The number of nitrogens with two attached hydrogens (primary N) is 1. The van der Waals surface area contributed by atoms with Crippen molar-refractivity contribution in [3.8, 4) is 0 Å². The molecule has 0 aliphatic heterocycles. The summed E-state index contributed by atoms with van der Waals surface area (Å²) in [6.07, 6.45) is 17.7. The van der Waals surface area contributed by atoms with Crippen LogP contribution < -0.4 is 11.1 Å². The second-order valence-corrected chi connectivity index (χ2v) is 13.1. The number of allylic oxidation sites excluding steroid dienone is 1. The topological polar surface area (TPSA) is 115 Å². The minimum absolute atomic E-state index is 0.348. The van der Waals surface area contributed by atoms with Crippen molar-refractivity contribution in [2.24, 2.45) is 39.7 Å². The molecule has 4 rings (SSSR count). The summed E-state index contributed by atoms with van der Waals surface area (Å²) in [5.41, 5.74) is 10.4. The summed E-state index contributed by atoms with van der Waals surface area (Å²) in [7, 11) is 3.98. The van der Waals surface area contributed by atoms with Crippen molar-refractivity contribution in [3.63, 3.8) is 0 Å². The lowest BCUT2D eigenvalue weighted by molar-refractivity contribution is -0.467. The number of guanidine groups is 1. The zero-order valence-electron chi connectivity index (χ0n) is 23.0. The van der Waals surface area contributed by atoms with Crippen LogP contribution in [-0.2, 0) is 17.8 Å². The fourth-order valence-corrected chi connectivity index (χ4v) is 8.40. The zero-order valence-corrected chi connectivity index (χ0v) is 23.8. The van der Waals surface area contributed by atoms with Gasteiger partial charge >= 0.3 is 5.96 Å². The molecule has 0 aromatic carbocycles. The Hall–Kier alpha value is -1.64. The van der Waals surface area contributed by atoms with Gasteiger partial charge in [-0.3, -0.25) is 15.6 Å². The molecule has 6 atom stereocenters. The van der Waals surface area contributed by atoms with E-state index < -0.39 is 11.4 Å². The van der Waals surface area contributed by atoms with Gasteiger partial charge in [-0.1, -0.05) is 34.1 Å². The number of nitrogens with one attached hydrogen (secondary N) is 1. The first-order valence-corrected chi connectivity index (χ1v) is 14.4. The Morgan fingerprint density at radius 2 is 1.92 bits per heavy atom. The number of furan rings is 1. The van der Waals surface area contributed by atoms with Gasteiger partial charge in [-0.05, 0) is 103 Å². The molecule has 204 valence electrons. The van der Waals surface area contributed by atoms with Gasteiger partial charge in [0.25, 0.3) is 0 Å². The Bertz CT molecular complexity index is 965. The Labute approximate surface area is 220 Å². The van der Waals surface area contributed by atoms with Crippen LogP contribution in [0.1, 0.15) is 84.6 Å². The van der Waals surface area contributed by atoms with Gasteiger partial charge in [0.2, 0.25) is 0 Å². The van der Waals surface area contributed by atoms with Gasteiger partial charge in [0, 0.05) is 0 Å². The predicted molar refractivity (Wildman–Crippen MR) is 144 cm³/mol. The summed E-state index contributed by atoms with van der Waals surface area (Å²) in [5, 5.41) is 3.41. The van der Waals surface area contributed by atoms with Gasteiger partial charge in [0.15, 0.2) is 0 Å². The third-order valence-corrected chi connectivity index (χ3v) is 9.99. The van der Waals surface area contributed by atoms with E-state index in [0.29, 0.717) is 28.1 Å². The highest BCUT2D eigenvalue weighted by atomic mass is 32.2. The van der Waals surface area contributed by atoms with Gasteiger partial charge in [-0.15, -0.1) is 0 Å². The second kappa shape index (κ2) is 11.4. The molecule has 1 aromatic rings. The molecule has 0 radical (unpaired) electrons. The van der Waals surface area contributed by atoms with Crippen LogP contribution in [-0.4, -0.2) is 37.9 Å². The van der Waals surface area contributed by atoms with E-state index in [1.807, 2.05) is 31.2 Å². The van der Waals surface area contributed by atoms with Crippen LogP contribution in [0.3, 0.4) is 0 Å². The average Bonchev–Trinajstić information content (AvgIpc) is 3.28. The van der Waals surface area contributed by atoms with E-state index in [4.69, 9.17) is 23.5 Å². The molecule has 0 bridgehead atoms. The normalized spacial score (nSPS) is 35.0. The van der Waals surface area contributed by atoms with Crippen LogP contribution in [0.15, 0.2) is 34.8 Å². The van der Waals surface area contributed by atoms with Crippen LogP contribution in [0.5, 0.6) is 0 Å². The summed E-state index contributed by atoms with van der Waals surface area (Å²) >= 11 is -2.86. The third-order valence-electron chi connectivity index (χ3n) is 9.99. The SMILES string of the molecule is C[N+](C)=C(N)N/C=C1/CCC2[C@@]3(C)CCCC(C)(C)C3CC[C@]2(C)[C@@H]1CCc1ccoc1.O=S([O-])O. The monoisotopic (exact) mass is 521 g/mol. The van der Waals surface area contributed by atoms with Crippen molar-refractivity contribution >= 4 is 17.3 Å². The van der Waals surface area contributed by atoms with Crippen LogP contribution in [0.25, 0.3) is 0 Å². The molecule has 3 aliphatic rings. The first kappa shape index (κ1) is 28.9. The lowest BCUT2D eigenvalue weighted by Gasteiger charge is -2.66. The van der Waals surface area contributed by atoms with Gasteiger partial charge in [-0.25, -0.2) is 4.21 Å². The largest absolute Gasteiger partial charge is 0.750 e. The van der Waals surface area contributed by atoms with E-state index in [-0.39, 0.29) is 0 Å². The summed E-state index contributed by atoms with van der Waals surface area (Å²) in [6, 6.07) is 2.13. The molecule has 3 aliphatic carbocycles. The molecule has 3 fully saturated rings. The van der Waals surface area contributed by atoms with Gasteiger partial charge in [-0.2, -0.15) is 0 Å². The molecular weight excluding hydrogens is 474 g/mol. The van der Waals surface area contributed by atoms with Crippen LogP contribution in [0, 0.1) is 34.0 Å². The fourth-order valence-electron chi connectivity index (χ4n) is 8.40. The highest BCUT2D eigenvalue weighted by Crippen LogP contribution is 2.69. The van der Waals surface area contributed by atoms with Crippen LogP contribution in [0.2, 0.25) is 0 Å². The third kappa shape index (κ3) is 6.08. The molecule has 36 heavy (non-hydrogen) atoms. The maximum Gasteiger partial charge on any atom is 0.347 e. The molecule has 3 unspecified atom stereocenters. The van der Waals surface area contributed by atoms with Crippen molar-refractivity contribution in [3.05, 3.63) is 35.9 Å². The molecule has 7 nitrogen and oxygen atoms in total. The van der Waals surface area contributed by atoms with Gasteiger partial charge in [0.1, 0.15) is 0 Å². The van der Waals surface area contributed by atoms with Gasteiger partial charge in [0.05, 0.1) is 44.2 Å². The molecule has 4 N–H and O–H groups in total. The van der Waals surface area contributed by atoms with Crippen LogP contribution >= 0.6 is 0 Å². The molecule has 0 amide bonds. The average molecular weight is 522 g/mol. The molecule has 0 saturated heterocycles. The Morgan fingerprint density at radius 3 is 2.53 bits per heavy atom. The lowest BCUT2D eigenvalue weighted by Crippen LogP contribution is -2.58. The summed E-state index contributed by atoms with van der Waals surface area (Å²) in [5.74, 6) is 2.96. The maximum atomic E-state index is 8.56. The van der Waals surface area contributed by atoms with Crippen molar-refractivity contribution in [2.75, 3.05) is 14.1 Å².